The van der Waals surface area contributed by atoms with Gasteiger partial charge in [-0.3, -0.25) is 4.79 Å². The molecule has 4 heteroatoms. The molecule has 0 saturated heterocycles. The van der Waals surface area contributed by atoms with Crippen LogP contribution >= 0.6 is 11.6 Å². The van der Waals surface area contributed by atoms with Crippen molar-refractivity contribution in [3.05, 3.63) is 34.3 Å². The molecular formula is C24H35ClN2O. The van der Waals surface area contributed by atoms with Gasteiger partial charge < -0.3 is 10.6 Å². The third kappa shape index (κ3) is 4.57. The molecule has 4 aliphatic rings. The van der Waals surface area contributed by atoms with Gasteiger partial charge in [-0.05, 0) is 98.8 Å². The maximum atomic E-state index is 12.9. The molecule has 4 fully saturated rings. The van der Waals surface area contributed by atoms with E-state index in [4.69, 9.17) is 11.6 Å². The summed E-state index contributed by atoms with van der Waals surface area (Å²) in [4.78, 5) is 12.9. The van der Waals surface area contributed by atoms with Crippen LogP contribution in [0.5, 0.6) is 0 Å². The van der Waals surface area contributed by atoms with Gasteiger partial charge in [-0.1, -0.05) is 31.5 Å². The molecule has 0 radical (unpaired) electrons. The zero-order valence-corrected chi connectivity index (χ0v) is 18.2. The predicted octanol–water partition coefficient (Wildman–Crippen LogP) is 5.22. The second-order valence-electron chi connectivity index (χ2n) is 10.1. The van der Waals surface area contributed by atoms with Gasteiger partial charge in [-0.2, -0.15) is 0 Å². The number of carbonyl (C=O) groups is 1. The van der Waals surface area contributed by atoms with Gasteiger partial charge >= 0.3 is 0 Å². The fourth-order valence-corrected chi connectivity index (χ4v) is 6.66. The highest BCUT2D eigenvalue weighted by molar-refractivity contribution is 6.33. The van der Waals surface area contributed by atoms with E-state index in [2.05, 4.69) is 24.5 Å². The first-order chi connectivity index (χ1) is 13.4. The lowest BCUT2D eigenvalue weighted by molar-refractivity contribution is -0.0503. The molecule has 5 rings (SSSR count). The summed E-state index contributed by atoms with van der Waals surface area (Å²) in [6, 6.07) is 6.43. The van der Waals surface area contributed by atoms with Gasteiger partial charge in [0, 0.05) is 12.6 Å². The fourth-order valence-electron chi connectivity index (χ4n) is 6.45. The number of rotatable bonds is 8. The number of hydrogen-bond acceptors (Lipinski definition) is 2. The van der Waals surface area contributed by atoms with Crippen molar-refractivity contribution in [1.82, 2.24) is 10.6 Å². The number of amides is 1. The van der Waals surface area contributed by atoms with Gasteiger partial charge in [0.2, 0.25) is 0 Å². The molecule has 4 bridgehead atoms. The van der Waals surface area contributed by atoms with E-state index >= 15 is 0 Å². The van der Waals surface area contributed by atoms with Gasteiger partial charge in [-0.15, -0.1) is 0 Å². The molecule has 0 heterocycles. The molecule has 0 spiro atoms. The van der Waals surface area contributed by atoms with Gasteiger partial charge in [0.05, 0.1) is 10.6 Å². The number of benzene rings is 1. The minimum atomic E-state index is 0.00269. The average Bonchev–Trinajstić information content (AvgIpc) is 2.63. The average molecular weight is 403 g/mol. The summed E-state index contributed by atoms with van der Waals surface area (Å²) in [5, 5.41) is 7.28. The molecule has 3 nitrogen and oxygen atoms in total. The first kappa shape index (κ1) is 20.2. The van der Waals surface area contributed by atoms with Crippen LogP contribution in [0, 0.1) is 23.2 Å². The molecule has 4 aliphatic carbocycles. The minimum absolute atomic E-state index is 0.00269. The maximum Gasteiger partial charge on any atom is 0.252 e. The quantitative estimate of drug-likeness (QED) is 0.585. The van der Waals surface area contributed by atoms with Crippen LogP contribution in [0.1, 0.15) is 74.7 Å². The van der Waals surface area contributed by atoms with E-state index in [1.807, 2.05) is 18.2 Å². The van der Waals surface area contributed by atoms with Crippen LogP contribution in [0.4, 0.5) is 0 Å². The van der Waals surface area contributed by atoms with E-state index in [-0.39, 0.29) is 5.91 Å². The molecule has 154 valence electrons. The molecule has 1 aromatic rings. The minimum Gasteiger partial charge on any atom is -0.351 e. The molecular weight excluding hydrogens is 368 g/mol. The lowest BCUT2D eigenvalue weighted by Gasteiger charge is -2.56. The maximum absolute atomic E-state index is 12.9. The third-order valence-corrected chi connectivity index (χ3v) is 7.59. The summed E-state index contributed by atoms with van der Waals surface area (Å²) in [5.74, 6) is 2.74. The Kier molecular flexibility index (Phi) is 6.04. The molecule has 0 aromatic heterocycles. The molecule has 28 heavy (non-hydrogen) atoms. The van der Waals surface area contributed by atoms with Gasteiger partial charge in [0.25, 0.3) is 5.91 Å². The van der Waals surface area contributed by atoms with Crippen LogP contribution in [-0.2, 0) is 6.42 Å². The fraction of sp³-hybridized carbons (Fsp3) is 0.708. The highest BCUT2D eigenvalue weighted by atomic mass is 35.5. The molecule has 4 saturated carbocycles. The summed E-state index contributed by atoms with van der Waals surface area (Å²) >= 11 is 6.38. The Hall–Kier alpha value is -1.06. The van der Waals surface area contributed by atoms with E-state index in [1.54, 1.807) is 0 Å². The normalized spacial score (nSPS) is 30.8. The zero-order valence-electron chi connectivity index (χ0n) is 17.4. The second-order valence-corrected chi connectivity index (χ2v) is 10.5. The third-order valence-electron chi connectivity index (χ3n) is 7.26. The highest BCUT2D eigenvalue weighted by Crippen LogP contribution is 2.59. The largest absolute Gasteiger partial charge is 0.351 e. The second kappa shape index (κ2) is 8.36. The standard InChI is InChI=1S/C24H35ClN2O/c1-16(2)26-7-3-4-17-5-6-22(25)21(11-17)23(28)27-15-24-12-18-8-19(13-24)10-20(9-18)14-24/h5-6,11,16,18-20,26H,3-4,7-10,12-15H2,1-2H3,(H,27,28). The van der Waals surface area contributed by atoms with Crippen LogP contribution in [0.15, 0.2) is 18.2 Å². The number of hydrogen-bond donors (Lipinski definition) is 2. The van der Waals surface area contributed by atoms with Crippen molar-refractivity contribution in [3.63, 3.8) is 0 Å². The van der Waals surface area contributed by atoms with Crippen LogP contribution in [0.2, 0.25) is 5.02 Å². The van der Waals surface area contributed by atoms with E-state index in [0.717, 1.165) is 43.7 Å². The predicted molar refractivity (Wildman–Crippen MR) is 116 cm³/mol. The first-order valence-corrected chi connectivity index (χ1v) is 11.6. The van der Waals surface area contributed by atoms with Crippen molar-refractivity contribution in [2.24, 2.45) is 23.2 Å². The molecule has 0 aliphatic heterocycles. The van der Waals surface area contributed by atoms with Crippen LogP contribution < -0.4 is 10.6 Å². The Morgan fingerprint density at radius 1 is 1.14 bits per heavy atom. The van der Waals surface area contributed by atoms with Crippen LogP contribution in [0.25, 0.3) is 0 Å². The van der Waals surface area contributed by atoms with E-state index in [1.165, 1.54) is 44.1 Å². The smallest absolute Gasteiger partial charge is 0.252 e. The SMILES string of the molecule is CC(C)NCCCc1ccc(Cl)c(C(=O)NCC23CC4CC(CC(C4)C2)C3)c1. The number of aryl methyl sites for hydroxylation is 1. The number of nitrogens with one attached hydrogen (secondary N) is 2. The van der Waals surface area contributed by atoms with Crippen LogP contribution in [0.3, 0.4) is 0 Å². The summed E-state index contributed by atoms with van der Waals surface area (Å²) in [6.45, 7) is 6.14. The van der Waals surface area contributed by atoms with Crippen molar-refractivity contribution in [2.45, 2.75) is 71.3 Å². The highest BCUT2D eigenvalue weighted by Gasteiger charge is 2.50. The summed E-state index contributed by atoms with van der Waals surface area (Å²) in [7, 11) is 0. The zero-order chi connectivity index (χ0) is 19.7. The Bertz CT molecular complexity index is 679. The Morgan fingerprint density at radius 3 is 2.39 bits per heavy atom. The number of halogens is 1. The molecule has 0 atom stereocenters. The molecule has 0 unspecified atom stereocenters. The molecule has 2 N–H and O–H groups in total. The summed E-state index contributed by atoms with van der Waals surface area (Å²) < 4.78 is 0. The molecule has 1 amide bonds. The first-order valence-electron chi connectivity index (χ1n) is 11.2. The van der Waals surface area contributed by atoms with Crippen molar-refractivity contribution < 1.29 is 4.79 Å². The Morgan fingerprint density at radius 2 is 1.79 bits per heavy atom. The lowest BCUT2D eigenvalue weighted by atomic mass is 9.49. The van der Waals surface area contributed by atoms with Crippen molar-refractivity contribution in [3.8, 4) is 0 Å². The Labute approximate surface area is 175 Å². The van der Waals surface area contributed by atoms with E-state index in [9.17, 15) is 4.79 Å². The topological polar surface area (TPSA) is 41.1 Å². The van der Waals surface area contributed by atoms with E-state index < -0.39 is 0 Å². The number of carbonyl (C=O) groups excluding carboxylic acids is 1. The van der Waals surface area contributed by atoms with Gasteiger partial charge in [0.1, 0.15) is 0 Å². The van der Waals surface area contributed by atoms with Crippen molar-refractivity contribution in [1.29, 1.82) is 0 Å². The van der Waals surface area contributed by atoms with Crippen molar-refractivity contribution >= 4 is 17.5 Å². The molecule has 1 aromatic carbocycles. The lowest BCUT2D eigenvalue weighted by Crippen LogP contribution is -2.51. The summed E-state index contributed by atoms with van der Waals surface area (Å²) in [5.41, 5.74) is 2.19. The van der Waals surface area contributed by atoms with Crippen LogP contribution in [-0.4, -0.2) is 25.0 Å². The summed E-state index contributed by atoms with van der Waals surface area (Å²) in [6.07, 6.45) is 10.3. The Balaban J connectivity index is 1.35. The van der Waals surface area contributed by atoms with Gasteiger partial charge in [0.15, 0.2) is 0 Å². The van der Waals surface area contributed by atoms with Gasteiger partial charge in [-0.25, -0.2) is 0 Å². The van der Waals surface area contributed by atoms with E-state index in [0.29, 0.717) is 22.0 Å². The van der Waals surface area contributed by atoms with Crippen molar-refractivity contribution in [2.75, 3.05) is 13.1 Å². The monoisotopic (exact) mass is 402 g/mol.